The molecule has 0 radical (unpaired) electrons. The number of hydroxylamine groups is 4. The van der Waals surface area contributed by atoms with Gasteiger partial charge in [0.2, 0.25) is 0 Å². The third-order valence-electron chi connectivity index (χ3n) is 12.3. The second-order valence-corrected chi connectivity index (χ2v) is 19.6. The van der Waals surface area contributed by atoms with E-state index in [1.54, 1.807) is 0 Å². The minimum absolute atomic E-state index is 0.0719. The van der Waals surface area contributed by atoms with Gasteiger partial charge in [-0.1, -0.05) is 89.9 Å². The van der Waals surface area contributed by atoms with Crippen molar-refractivity contribution in [2.24, 2.45) is 0 Å². The summed E-state index contributed by atoms with van der Waals surface area (Å²) in [5.74, 6) is -0.144. The Kier molecular flexibility index (Phi) is 16.8. The van der Waals surface area contributed by atoms with E-state index in [9.17, 15) is 9.59 Å². The van der Waals surface area contributed by atoms with Gasteiger partial charge in [-0.25, -0.2) is 0 Å². The number of hydrogen-bond acceptors (Lipinski definition) is 8. The van der Waals surface area contributed by atoms with Gasteiger partial charge in [0.15, 0.2) is 0 Å². The first-order chi connectivity index (χ1) is 24.6. The Morgan fingerprint density at radius 3 is 1.00 bits per heavy atom. The standard InChI is InChI=1S/C44H80N2O6/c1-41(2)31-37(32-42(3,4)45(41)51-35-25-19-13-11-14-20-26-35)49-39(47)29-23-17-9-10-18-24-30-40(48)50-38-33-43(5,6)46(44(7,8)34-38)52-36-27-21-15-12-16-22-28-36/h35-38H,9-34H2,1-8H3. The summed E-state index contributed by atoms with van der Waals surface area (Å²) in [5.41, 5.74) is -0.799. The van der Waals surface area contributed by atoms with E-state index in [0.29, 0.717) is 25.0 Å². The van der Waals surface area contributed by atoms with Crippen LogP contribution in [0.5, 0.6) is 0 Å². The van der Waals surface area contributed by atoms with Crippen molar-refractivity contribution < 1.29 is 28.7 Å². The summed E-state index contributed by atoms with van der Waals surface area (Å²) >= 11 is 0. The maximum Gasteiger partial charge on any atom is 0.306 e. The van der Waals surface area contributed by atoms with Crippen LogP contribution in [-0.2, 0) is 28.7 Å². The van der Waals surface area contributed by atoms with Crippen LogP contribution in [0.1, 0.15) is 222 Å². The van der Waals surface area contributed by atoms with Gasteiger partial charge >= 0.3 is 11.9 Å². The number of esters is 2. The Bertz CT molecular complexity index is 953. The zero-order valence-electron chi connectivity index (χ0n) is 35.0. The molecule has 0 bridgehead atoms. The van der Waals surface area contributed by atoms with Gasteiger partial charge in [-0.15, -0.1) is 0 Å². The maximum absolute atomic E-state index is 12.9. The first-order valence-electron chi connectivity index (χ1n) is 21.9. The van der Waals surface area contributed by atoms with Crippen molar-refractivity contribution in [2.45, 2.75) is 269 Å². The molecule has 0 aromatic carbocycles. The highest BCUT2D eigenvalue weighted by Crippen LogP contribution is 2.43. The van der Waals surface area contributed by atoms with Gasteiger partial charge < -0.3 is 9.47 Å². The van der Waals surface area contributed by atoms with E-state index in [2.05, 4.69) is 65.5 Å². The zero-order valence-corrected chi connectivity index (χ0v) is 35.0. The Balaban J connectivity index is 1.07. The second-order valence-electron chi connectivity index (χ2n) is 19.6. The predicted octanol–water partition coefficient (Wildman–Crippen LogP) is 11.3. The number of rotatable bonds is 15. The number of piperidine rings is 2. The first-order valence-corrected chi connectivity index (χ1v) is 21.9. The summed E-state index contributed by atoms with van der Waals surface area (Å²) in [6.07, 6.45) is 28.0. The molecule has 0 atom stereocenters. The second kappa shape index (κ2) is 20.1. The fraction of sp³-hybridized carbons (Fsp3) is 0.955. The lowest BCUT2D eigenvalue weighted by atomic mass is 9.80. The Morgan fingerprint density at radius 2 is 0.692 bits per heavy atom. The van der Waals surface area contributed by atoms with Crippen LogP contribution in [0, 0.1) is 0 Å². The molecule has 2 aliphatic heterocycles. The van der Waals surface area contributed by atoms with Crippen LogP contribution in [0.15, 0.2) is 0 Å². The van der Waals surface area contributed by atoms with Gasteiger partial charge in [0.25, 0.3) is 0 Å². The number of carbonyl (C=O) groups is 2. The van der Waals surface area contributed by atoms with Crippen molar-refractivity contribution in [3.8, 4) is 0 Å². The summed E-state index contributed by atoms with van der Waals surface area (Å²) in [6.45, 7) is 17.9. The molecule has 0 amide bonds. The largest absolute Gasteiger partial charge is 0.462 e. The van der Waals surface area contributed by atoms with Gasteiger partial charge in [0.1, 0.15) is 12.2 Å². The number of ether oxygens (including phenoxy) is 2. The molecule has 0 aromatic rings. The molecule has 2 saturated heterocycles. The summed E-state index contributed by atoms with van der Waals surface area (Å²) in [4.78, 5) is 39.2. The normalized spacial score (nSPS) is 25.8. The van der Waals surface area contributed by atoms with Gasteiger partial charge in [-0.3, -0.25) is 19.3 Å². The average molecular weight is 733 g/mol. The molecule has 4 aliphatic rings. The van der Waals surface area contributed by atoms with E-state index < -0.39 is 0 Å². The van der Waals surface area contributed by atoms with Crippen LogP contribution in [0.2, 0.25) is 0 Å². The molecule has 52 heavy (non-hydrogen) atoms. The Labute approximate surface area is 319 Å². The molecule has 4 rings (SSSR count). The third-order valence-corrected chi connectivity index (χ3v) is 12.3. The predicted molar refractivity (Wildman–Crippen MR) is 210 cm³/mol. The fourth-order valence-electron chi connectivity index (χ4n) is 10.2. The molecule has 2 heterocycles. The molecule has 0 N–H and O–H groups in total. The highest BCUT2D eigenvalue weighted by Gasteiger charge is 2.50. The Morgan fingerprint density at radius 1 is 0.423 bits per heavy atom. The number of carbonyl (C=O) groups excluding carboxylic acids is 2. The molecular weight excluding hydrogens is 652 g/mol. The molecule has 2 aliphatic carbocycles. The Hall–Kier alpha value is -1.22. The monoisotopic (exact) mass is 733 g/mol. The molecule has 0 aromatic heterocycles. The van der Waals surface area contributed by atoms with E-state index in [0.717, 1.165) is 89.9 Å². The molecule has 8 heteroatoms. The molecule has 8 nitrogen and oxygen atoms in total. The lowest BCUT2D eigenvalue weighted by Gasteiger charge is -2.54. The maximum atomic E-state index is 12.9. The van der Waals surface area contributed by atoms with Crippen LogP contribution >= 0.6 is 0 Å². The van der Waals surface area contributed by atoms with E-state index in [-0.39, 0.29) is 46.3 Å². The summed E-state index contributed by atoms with van der Waals surface area (Å²) in [7, 11) is 0. The van der Waals surface area contributed by atoms with Crippen molar-refractivity contribution in [3.05, 3.63) is 0 Å². The molecular formula is C44H80N2O6. The molecule has 302 valence electrons. The topological polar surface area (TPSA) is 77.5 Å². The summed E-state index contributed by atoms with van der Waals surface area (Å²) in [5, 5.41) is 4.49. The third kappa shape index (κ3) is 13.8. The van der Waals surface area contributed by atoms with E-state index >= 15 is 0 Å². The first kappa shape index (κ1) is 43.5. The van der Waals surface area contributed by atoms with E-state index in [1.807, 2.05) is 0 Å². The molecule has 4 fully saturated rings. The summed E-state index contributed by atoms with van der Waals surface area (Å²) < 4.78 is 12.1. The van der Waals surface area contributed by atoms with Crippen LogP contribution in [-0.4, -0.2) is 68.6 Å². The lowest BCUT2D eigenvalue weighted by Crippen LogP contribution is -2.62. The van der Waals surface area contributed by atoms with Crippen LogP contribution in [0.25, 0.3) is 0 Å². The van der Waals surface area contributed by atoms with E-state index in [1.165, 1.54) is 64.2 Å². The molecule has 0 spiro atoms. The van der Waals surface area contributed by atoms with Crippen molar-refractivity contribution in [3.63, 3.8) is 0 Å². The number of hydrogen-bond donors (Lipinski definition) is 0. The highest BCUT2D eigenvalue weighted by molar-refractivity contribution is 5.69. The van der Waals surface area contributed by atoms with Crippen LogP contribution in [0.4, 0.5) is 0 Å². The zero-order chi connectivity index (χ0) is 37.8. The fourth-order valence-corrected chi connectivity index (χ4v) is 10.2. The van der Waals surface area contributed by atoms with Crippen molar-refractivity contribution in [2.75, 3.05) is 0 Å². The van der Waals surface area contributed by atoms with Crippen molar-refractivity contribution in [1.82, 2.24) is 10.1 Å². The minimum Gasteiger partial charge on any atom is -0.462 e. The number of nitrogens with zero attached hydrogens (tertiary/aromatic N) is 2. The van der Waals surface area contributed by atoms with E-state index in [4.69, 9.17) is 19.1 Å². The smallest absolute Gasteiger partial charge is 0.306 e. The SMILES string of the molecule is CC1(C)CC(OC(=O)CCCCCCCCC(=O)OC2CC(C)(C)N(OC3CCCCCCC3)C(C)(C)C2)CC(C)(C)N1OC1CCCCCCC1. The van der Waals surface area contributed by atoms with Crippen molar-refractivity contribution in [1.29, 1.82) is 0 Å². The summed E-state index contributed by atoms with van der Waals surface area (Å²) in [6, 6.07) is 0. The highest BCUT2D eigenvalue weighted by atomic mass is 16.7. The van der Waals surface area contributed by atoms with Crippen molar-refractivity contribution >= 4 is 11.9 Å². The van der Waals surface area contributed by atoms with Gasteiger partial charge in [-0.05, 0) is 93.9 Å². The van der Waals surface area contributed by atoms with Crippen LogP contribution < -0.4 is 0 Å². The molecule has 2 saturated carbocycles. The van der Waals surface area contributed by atoms with Crippen LogP contribution in [0.3, 0.4) is 0 Å². The molecule has 0 unspecified atom stereocenters. The van der Waals surface area contributed by atoms with Gasteiger partial charge in [0, 0.05) is 60.7 Å². The number of unbranched alkanes of at least 4 members (excludes halogenated alkanes) is 5. The van der Waals surface area contributed by atoms with Gasteiger partial charge in [-0.2, -0.15) is 10.1 Å². The lowest BCUT2D eigenvalue weighted by molar-refractivity contribution is -0.317. The minimum atomic E-state index is -0.200. The average Bonchev–Trinajstić information content (AvgIpc) is 2.98. The quantitative estimate of drug-likeness (QED) is 0.122. The van der Waals surface area contributed by atoms with Gasteiger partial charge in [0.05, 0.1) is 12.2 Å².